The molecule has 38 heavy (non-hydrogen) atoms. The second kappa shape index (κ2) is 12.0. The fourth-order valence-electron chi connectivity index (χ4n) is 4.31. The van der Waals surface area contributed by atoms with Crippen molar-refractivity contribution < 1.29 is 19.0 Å². The molecule has 2 aromatic carbocycles. The van der Waals surface area contributed by atoms with Gasteiger partial charge in [-0.15, -0.1) is 0 Å². The number of amides is 1. The van der Waals surface area contributed by atoms with Crippen molar-refractivity contribution in [2.24, 2.45) is 0 Å². The molecule has 0 N–H and O–H groups in total. The number of aryl methyl sites for hydroxylation is 3. The van der Waals surface area contributed by atoms with Crippen LogP contribution in [0.15, 0.2) is 30.3 Å². The quantitative estimate of drug-likeness (QED) is 0.207. The average molecular weight is 557 g/mol. The second-order valence-electron chi connectivity index (χ2n) is 8.77. The standard InChI is InChI=1S/C28H33ClN4O4S/c1-7-35-22-14-20(15-23(36-8-2)26(22)37-9-3)27(34)32(10-11-33-19(6)13-18(5)31-33)28-30-25-17(4)12-21(29)16-24(25)38-28/h12-16H,7-11H2,1-6H3. The largest absolute Gasteiger partial charge is 0.490 e. The summed E-state index contributed by atoms with van der Waals surface area (Å²) in [6, 6.07) is 9.21. The van der Waals surface area contributed by atoms with Gasteiger partial charge in [-0.05, 0) is 77.4 Å². The van der Waals surface area contributed by atoms with Crippen LogP contribution in [0.25, 0.3) is 10.2 Å². The third kappa shape index (κ3) is 5.89. The van der Waals surface area contributed by atoms with Gasteiger partial charge < -0.3 is 14.2 Å². The minimum absolute atomic E-state index is 0.223. The van der Waals surface area contributed by atoms with Crippen LogP contribution in [0.1, 0.15) is 48.1 Å². The number of aromatic nitrogens is 3. The molecular weight excluding hydrogens is 524 g/mol. The minimum atomic E-state index is -0.223. The van der Waals surface area contributed by atoms with Gasteiger partial charge in [0.1, 0.15) is 0 Å². The molecule has 0 aliphatic heterocycles. The third-order valence-electron chi connectivity index (χ3n) is 5.91. The highest BCUT2D eigenvalue weighted by molar-refractivity contribution is 7.22. The molecule has 0 fully saturated rings. The monoisotopic (exact) mass is 556 g/mol. The van der Waals surface area contributed by atoms with Gasteiger partial charge in [-0.25, -0.2) is 4.98 Å². The van der Waals surface area contributed by atoms with Gasteiger partial charge in [0.2, 0.25) is 5.75 Å². The molecule has 0 aliphatic carbocycles. The fraction of sp³-hybridized carbons (Fsp3) is 0.393. The Bertz CT molecular complexity index is 1420. The lowest BCUT2D eigenvalue weighted by Gasteiger charge is -2.22. The van der Waals surface area contributed by atoms with E-state index in [0.29, 0.717) is 65.9 Å². The summed E-state index contributed by atoms with van der Waals surface area (Å²) in [5.41, 5.74) is 4.16. The summed E-state index contributed by atoms with van der Waals surface area (Å²) < 4.78 is 20.4. The third-order valence-corrected chi connectivity index (χ3v) is 7.15. The molecule has 8 nitrogen and oxygen atoms in total. The van der Waals surface area contributed by atoms with Crippen molar-refractivity contribution in [3.05, 3.63) is 57.9 Å². The van der Waals surface area contributed by atoms with Gasteiger partial charge in [0.25, 0.3) is 5.91 Å². The Morgan fingerprint density at radius 2 is 1.63 bits per heavy atom. The van der Waals surface area contributed by atoms with E-state index in [4.69, 9.17) is 30.8 Å². The zero-order valence-electron chi connectivity index (χ0n) is 22.6. The molecule has 1 amide bonds. The lowest BCUT2D eigenvalue weighted by Crippen LogP contribution is -2.34. The number of thiazole rings is 1. The number of nitrogens with zero attached hydrogens (tertiary/aromatic N) is 4. The highest BCUT2D eigenvalue weighted by atomic mass is 35.5. The topological polar surface area (TPSA) is 78.7 Å². The number of anilines is 1. The number of hydrogen-bond acceptors (Lipinski definition) is 7. The van der Waals surface area contributed by atoms with Crippen LogP contribution >= 0.6 is 22.9 Å². The summed E-state index contributed by atoms with van der Waals surface area (Å²) in [6.45, 7) is 13.8. The minimum Gasteiger partial charge on any atom is -0.490 e. The molecule has 0 aliphatic rings. The van der Waals surface area contributed by atoms with Crippen LogP contribution in [-0.2, 0) is 6.54 Å². The number of carbonyl (C=O) groups excluding carboxylic acids is 1. The Labute approximate surface area is 232 Å². The van der Waals surface area contributed by atoms with E-state index >= 15 is 0 Å². The molecule has 4 rings (SSSR count). The van der Waals surface area contributed by atoms with Gasteiger partial charge in [-0.3, -0.25) is 14.4 Å². The first-order valence-corrected chi connectivity index (χ1v) is 13.9. The first-order chi connectivity index (χ1) is 18.2. The van der Waals surface area contributed by atoms with Crippen LogP contribution in [0.3, 0.4) is 0 Å². The van der Waals surface area contributed by atoms with Crippen LogP contribution in [0, 0.1) is 20.8 Å². The fourth-order valence-corrected chi connectivity index (χ4v) is 5.75. The van der Waals surface area contributed by atoms with E-state index in [0.717, 1.165) is 27.2 Å². The molecule has 0 atom stereocenters. The van der Waals surface area contributed by atoms with Gasteiger partial charge in [0, 0.05) is 22.8 Å². The molecule has 202 valence electrons. The van der Waals surface area contributed by atoms with Gasteiger partial charge in [-0.2, -0.15) is 5.10 Å². The molecule has 10 heteroatoms. The molecule has 4 aromatic rings. The summed E-state index contributed by atoms with van der Waals surface area (Å²) in [5, 5.41) is 5.80. The van der Waals surface area contributed by atoms with Crippen molar-refractivity contribution in [1.82, 2.24) is 14.8 Å². The van der Waals surface area contributed by atoms with Crippen molar-refractivity contribution in [1.29, 1.82) is 0 Å². The van der Waals surface area contributed by atoms with E-state index in [-0.39, 0.29) is 5.91 Å². The highest BCUT2D eigenvalue weighted by Crippen LogP contribution is 2.40. The molecule has 0 bridgehead atoms. The molecule has 0 spiro atoms. The molecule has 0 saturated heterocycles. The smallest absolute Gasteiger partial charge is 0.260 e. The molecule has 2 heterocycles. The van der Waals surface area contributed by atoms with Crippen molar-refractivity contribution in [2.45, 2.75) is 48.1 Å². The average Bonchev–Trinajstić information content (AvgIpc) is 3.43. The summed E-state index contributed by atoms with van der Waals surface area (Å²) >= 11 is 7.75. The highest BCUT2D eigenvalue weighted by Gasteiger charge is 2.26. The first kappa shape index (κ1) is 27.7. The van der Waals surface area contributed by atoms with Crippen molar-refractivity contribution in [3.63, 3.8) is 0 Å². The predicted octanol–water partition coefficient (Wildman–Crippen LogP) is 6.61. The van der Waals surface area contributed by atoms with Crippen LogP contribution in [-0.4, -0.2) is 47.0 Å². The van der Waals surface area contributed by atoms with Crippen molar-refractivity contribution >= 4 is 44.2 Å². The Kier molecular flexibility index (Phi) is 8.79. The van der Waals surface area contributed by atoms with Crippen LogP contribution in [0.2, 0.25) is 5.02 Å². The Balaban J connectivity index is 1.80. The number of ether oxygens (including phenoxy) is 3. The number of benzene rings is 2. The number of halogens is 1. The Morgan fingerprint density at radius 1 is 0.974 bits per heavy atom. The lowest BCUT2D eigenvalue weighted by atomic mass is 10.1. The summed E-state index contributed by atoms with van der Waals surface area (Å²) in [5.74, 6) is 1.20. The zero-order chi connectivity index (χ0) is 27.4. The second-order valence-corrected chi connectivity index (χ2v) is 10.2. The first-order valence-electron chi connectivity index (χ1n) is 12.7. The van der Waals surface area contributed by atoms with Crippen molar-refractivity contribution in [2.75, 3.05) is 31.3 Å². The number of hydrogen-bond donors (Lipinski definition) is 0. The summed E-state index contributed by atoms with van der Waals surface area (Å²) in [7, 11) is 0. The van der Waals surface area contributed by atoms with Gasteiger partial charge in [-0.1, -0.05) is 22.9 Å². The Morgan fingerprint density at radius 3 is 2.21 bits per heavy atom. The molecule has 0 unspecified atom stereocenters. The summed E-state index contributed by atoms with van der Waals surface area (Å²) in [4.78, 5) is 20.7. The Hall–Kier alpha value is -3.30. The van der Waals surface area contributed by atoms with Gasteiger partial charge in [0.15, 0.2) is 16.6 Å². The number of carbonyl (C=O) groups is 1. The van der Waals surface area contributed by atoms with E-state index in [1.165, 1.54) is 11.3 Å². The van der Waals surface area contributed by atoms with Crippen LogP contribution < -0.4 is 19.1 Å². The van der Waals surface area contributed by atoms with Crippen LogP contribution in [0.5, 0.6) is 17.2 Å². The van der Waals surface area contributed by atoms with Gasteiger partial charge in [0.05, 0.1) is 42.3 Å². The van der Waals surface area contributed by atoms with E-state index in [2.05, 4.69) is 5.10 Å². The van der Waals surface area contributed by atoms with Gasteiger partial charge >= 0.3 is 0 Å². The summed E-state index contributed by atoms with van der Waals surface area (Å²) in [6.07, 6.45) is 0. The maximum atomic E-state index is 14.2. The molecule has 2 aromatic heterocycles. The maximum Gasteiger partial charge on any atom is 0.260 e. The normalized spacial score (nSPS) is 11.1. The maximum absolute atomic E-state index is 14.2. The molecule has 0 saturated carbocycles. The molecule has 0 radical (unpaired) electrons. The van der Waals surface area contributed by atoms with E-state index in [1.54, 1.807) is 17.0 Å². The number of fused-ring (bicyclic) bond motifs is 1. The number of rotatable bonds is 11. The lowest BCUT2D eigenvalue weighted by molar-refractivity contribution is 0.0984. The SMILES string of the molecule is CCOc1cc(C(=O)N(CCn2nc(C)cc2C)c2nc3c(C)cc(Cl)cc3s2)cc(OCC)c1OCC. The zero-order valence-corrected chi connectivity index (χ0v) is 24.2. The van der Waals surface area contributed by atoms with Crippen molar-refractivity contribution in [3.8, 4) is 17.2 Å². The molecular formula is C28H33ClN4O4S. The van der Waals surface area contributed by atoms with Crippen LogP contribution in [0.4, 0.5) is 5.13 Å². The van der Waals surface area contributed by atoms with E-state index in [1.807, 2.05) is 64.4 Å². The predicted molar refractivity (Wildman–Crippen MR) is 153 cm³/mol. The van der Waals surface area contributed by atoms with E-state index in [9.17, 15) is 4.79 Å². The van der Waals surface area contributed by atoms with E-state index < -0.39 is 0 Å².